The fourth-order valence-electron chi connectivity index (χ4n) is 2.03. The molecule has 2 aromatic carbocycles. The Morgan fingerprint density at radius 2 is 1.89 bits per heavy atom. The summed E-state index contributed by atoms with van der Waals surface area (Å²) in [5.41, 5.74) is 2.19. The molecule has 0 saturated carbocycles. The molecule has 0 aliphatic rings. The van der Waals surface area contributed by atoms with Crippen LogP contribution in [0.15, 0.2) is 52.9 Å². The maximum atomic E-state index is 12.4. The van der Waals surface area contributed by atoms with Crippen LogP contribution in [0.3, 0.4) is 0 Å². The summed E-state index contributed by atoms with van der Waals surface area (Å²) in [4.78, 5) is 12.4. The second kappa shape index (κ2) is 4.56. The van der Waals surface area contributed by atoms with Gasteiger partial charge in [0.15, 0.2) is 5.76 Å². The summed E-state index contributed by atoms with van der Waals surface area (Å²) in [5.74, 6) is 0.119. The van der Waals surface area contributed by atoms with Gasteiger partial charge in [-0.3, -0.25) is 4.79 Å². The van der Waals surface area contributed by atoms with E-state index in [0.29, 0.717) is 21.9 Å². The number of hydrogen-bond acceptors (Lipinski definition) is 2. The predicted octanol–water partition coefficient (Wildman–Crippen LogP) is 4.63. The minimum Gasteiger partial charge on any atom is -0.453 e. The summed E-state index contributed by atoms with van der Waals surface area (Å²) < 4.78 is 5.56. The van der Waals surface area contributed by atoms with E-state index < -0.39 is 0 Å². The molecule has 0 N–H and O–H groups in total. The lowest BCUT2D eigenvalue weighted by atomic mass is 10.1. The Labute approximate surface area is 115 Å². The van der Waals surface area contributed by atoms with Crippen molar-refractivity contribution in [1.82, 2.24) is 0 Å². The lowest BCUT2D eigenvalue weighted by Crippen LogP contribution is -2.00. The first-order valence-corrected chi connectivity index (χ1v) is 6.32. The minimum absolute atomic E-state index is 0.193. The number of rotatable bonds is 2. The van der Waals surface area contributed by atoms with Crippen molar-refractivity contribution in [2.75, 3.05) is 0 Å². The summed E-state index contributed by atoms with van der Waals surface area (Å²) in [6, 6.07) is 14.6. The van der Waals surface area contributed by atoms with Crippen LogP contribution in [0.25, 0.3) is 11.0 Å². The normalized spacial score (nSPS) is 10.8. The van der Waals surface area contributed by atoms with Crippen molar-refractivity contribution in [2.24, 2.45) is 0 Å². The Kier molecular flexibility index (Phi) is 2.88. The summed E-state index contributed by atoms with van der Waals surface area (Å²) in [7, 11) is 0. The van der Waals surface area contributed by atoms with E-state index in [4.69, 9.17) is 16.0 Å². The Morgan fingerprint density at radius 1 is 1.11 bits per heavy atom. The lowest BCUT2D eigenvalue weighted by Gasteiger charge is -2.02. The first-order chi connectivity index (χ1) is 9.15. The fourth-order valence-corrected chi connectivity index (χ4v) is 2.35. The van der Waals surface area contributed by atoms with Gasteiger partial charge in [-0.1, -0.05) is 35.9 Å². The molecule has 0 saturated heterocycles. The number of ketones is 1. The number of hydrogen-bond donors (Lipinski definition) is 0. The van der Waals surface area contributed by atoms with Crippen LogP contribution in [0.2, 0.25) is 5.02 Å². The number of halogens is 1. The van der Waals surface area contributed by atoms with Crippen LogP contribution in [-0.4, -0.2) is 5.78 Å². The lowest BCUT2D eigenvalue weighted by molar-refractivity contribution is 0.101. The molecule has 0 atom stereocenters. The van der Waals surface area contributed by atoms with Gasteiger partial charge in [-0.2, -0.15) is 0 Å². The monoisotopic (exact) mass is 270 g/mol. The van der Waals surface area contributed by atoms with Gasteiger partial charge in [-0.05, 0) is 36.8 Å². The number of aryl methyl sites for hydroxylation is 1. The highest BCUT2D eigenvalue weighted by Gasteiger charge is 2.17. The molecule has 1 aromatic heterocycles. The van der Waals surface area contributed by atoms with E-state index in [1.54, 1.807) is 18.2 Å². The molecule has 3 aromatic rings. The van der Waals surface area contributed by atoms with Gasteiger partial charge >= 0.3 is 0 Å². The maximum Gasteiger partial charge on any atom is 0.229 e. The highest BCUT2D eigenvalue weighted by molar-refractivity contribution is 6.35. The van der Waals surface area contributed by atoms with Crippen molar-refractivity contribution < 1.29 is 9.21 Å². The molecule has 0 bridgehead atoms. The predicted molar refractivity (Wildman–Crippen MR) is 75.8 cm³/mol. The zero-order chi connectivity index (χ0) is 13.4. The summed E-state index contributed by atoms with van der Waals surface area (Å²) in [6.45, 7) is 1.93. The van der Waals surface area contributed by atoms with Crippen molar-refractivity contribution in [1.29, 1.82) is 0 Å². The molecule has 1 heterocycles. The molecule has 0 aliphatic carbocycles. The Bertz CT molecular complexity index is 738. The fraction of sp³-hybridized carbons (Fsp3) is 0.0625. The summed E-state index contributed by atoms with van der Waals surface area (Å²) in [6.07, 6.45) is 0. The van der Waals surface area contributed by atoms with Gasteiger partial charge in [0, 0.05) is 10.9 Å². The molecule has 19 heavy (non-hydrogen) atoms. The first kappa shape index (κ1) is 12.0. The second-order valence-corrected chi connectivity index (χ2v) is 4.87. The smallest absolute Gasteiger partial charge is 0.229 e. The molecular weight excluding hydrogens is 260 g/mol. The number of furan rings is 1. The third kappa shape index (κ3) is 2.15. The van der Waals surface area contributed by atoms with Crippen LogP contribution < -0.4 is 0 Å². The highest BCUT2D eigenvalue weighted by Crippen LogP contribution is 2.25. The van der Waals surface area contributed by atoms with Crippen LogP contribution in [-0.2, 0) is 0 Å². The molecule has 2 nitrogen and oxygen atoms in total. The average Bonchev–Trinajstić information content (AvgIpc) is 2.81. The Hall–Kier alpha value is -2.06. The van der Waals surface area contributed by atoms with Crippen molar-refractivity contribution in [3.63, 3.8) is 0 Å². The number of carbonyl (C=O) groups is 1. The van der Waals surface area contributed by atoms with E-state index in [0.717, 1.165) is 10.9 Å². The Morgan fingerprint density at radius 3 is 2.63 bits per heavy atom. The van der Waals surface area contributed by atoms with Crippen molar-refractivity contribution in [3.05, 3.63) is 70.4 Å². The molecule has 3 heteroatoms. The van der Waals surface area contributed by atoms with Crippen molar-refractivity contribution in [2.45, 2.75) is 6.92 Å². The number of benzene rings is 2. The number of carbonyl (C=O) groups excluding carboxylic acids is 1. The topological polar surface area (TPSA) is 30.2 Å². The largest absolute Gasteiger partial charge is 0.453 e. The molecular formula is C16H11ClO2. The van der Waals surface area contributed by atoms with Crippen LogP contribution in [0.1, 0.15) is 21.7 Å². The van der Waals surface area contributed by atoms with Gasteiger partial charge in [-0.25, -0.2) is 0 Å². The third-order valence-corrected chi connectivity index (χ3v) is 3.33. The summed E-state index contributed by atoms with van der Waals surface area (Å²) >= 11 is 6.11. The summed E-state index contributed by atoms with van der Waals surface area (Å²) in [5, 5.41) is 1.36. The van der Waals surface area contributed by atoms with Crippen LogP contribution in [0.4, 0.5) is 0 Å². The molecule has 0 radical (unpaired) electrons. The number of para-hydroxylation sites is 1. The van der Waals surface area contributed by atoms with Crippen molar-refractivity contribution >= 4 is 28.4 Å². The quantitative estimate of drug-likeness (QED) is 0.636. The molecule has 0 amide bonds. The zero-order valence-corrected chi connectivity index (χ0v) is 11.1. The van der Waals surface area contributed by atoms with E-state index >= 15 is 0 Å². The molecule has 0 unspecified atom stereocenters. The van der Waals surface area contributed by atoms with Gasteiger partial charge in [-0.15, -0.1) is 0 Å². The second-order valence-electron chi connectivity index (χ2n) is 4.46. The average molecular weight is 271 g/mol. The van der Waals surface area contributed by atoms with E-state index in [2.05, 4.69) is 0 Å². The van der Waals surface area contributed by atoms with Gasteiger partial charge in [0.1, 0.15) is 5.58 Å². The van der Waals surface area contributed by atoms with E-state index in [9.17, 15) is 4.79 Å². The molecule has 0 aliphatic heterocycles. The minimum atomic E-state index is -0.193. The molecule has 3 rings (SSSR count). The Balaban J connectivity index is 2.08. The number of fused-ring (bicyclic) bond motifs is 1. The zero-order valence-electron chi connectivity index (χ0n) is 10.3. The first-order valence-electron chi connectivity index (χ1n) is 5.94. The van der Waals surface area contributed by atoms with Gasteiger partial charge in [0.25, 0.3) is 0 Å². The van der Waals surface area contributed by atoms with E-state index in [-0.39, 0.29) is 5.78 Å². The van der Waals surface area contributed by atoms with E-state index in [1.807, 2.05) is 37.3 Å². The van der Waals surface area contributed by atoms with Gasteiger partial charge < -0.3 is 4.42 Å². The third-order valence-electron chi connectivity index (χ3n) is 3.02. The maximum absolute atomic E-state index is 12.4. The molecule has 0 fully saturated rings. The van der Waals surface area contributed by atoms with Crippen LogP contribution >= 0.6 is 11.6 Å². The SMILES string of the molecule is Cc1ccc(C(=O)c2cc3ccccc3o2)c(Cl)c1. The molecule has 0 spiro atoms. The molecule has 94 valence electrons. The highest BCUT2D eigenvalue weighted by atomic mass is 35.5. The standard InChI is InChI=1S/C16H11ClO2/c1-10-6-7-12(13(17)8-10)16(18)15-9-11-4-2-3-5-14(11)19-15/h2-9H,1H3. The van der Waals surface area contributed by atoms with Gasteiger partial charge in [0.2, 0.25) is 5.78 Å². The van der Waals surface area contributed by atoms with Gasteiger partial charge in [0.05, 0.1) is 5.02 Å². The van der Waals surface area contributed by atoms with Crippen molar-refractivity contribution in [3.8, 4) is 0 Å². The van der Waals surface area contributed by atoms with Crippen LogP contribution in [0.5, 0.6) is 0 Å². The van der Waals surface area contributed by atoms with Crippen LogP contribution in [0, 0.1) is 6.92 Å². The van der Waals surface area contributed by atoms with E-state index in [1.165, 1.54) is 0 Å².